The van der Waals surface area contributed by atoms with Crippen molar-refractivity contribution in [3.05, 3.63) is 71.0 Å². The normalized spacial score (nSPS) is 17.6. The van der Waals surface area contributed by atoms with Crippen LogP contribution in [0.1, 0.15) is 18.0 Å². The van der Waals surface area contributed by atoms with Crippen LogP contribution in [0.4, 0.5) is 28.7 Å². The molecule has 2 aliphatic rings. The fourth-order valence-electron chi connectivity index (χ4n) is 4.82. The van der Waals surface area contributed by atoms with Crippen molar-refractivity contribution in [3.63, 3.8) is 0 Å². The number of hydroxylamine groups is 1. The third kappa shape index (κ3) is 6.10. The predicted molar refractivity (Wildman–Crippen MR) is 159 cm³/mol. The Morgan fingerprint density at radius 2 is 1.90 bits per heavy atom. The number of benzene rings is 2. The van der Waals surface area contributed by atoms with Crippen LogP contribution in [0.5, 0.6) is 5.75 Å². The van der Waals surface area contributed by atoms with Crippen LogP contribution in [-0.2, 0) is 9.63 Å². The lowest BCUT2D eigenvalue weighted by molar-refractivity contribution is -0.111. The number of amides is 1. The summed E-state index contributed by atoms with van der Waals surface area (Å²) in [5.74, 6) is 1.42. The van der Waals surface area contributed by atoms with Crippen LogP contribution in [0.25, 0.3) is 0 Å². The van der Waals surface area contributed by atoms with E-state index < -0.39 is 0 Å². The minimum Gasteiger partial charge on any atom is -0.494 e. The Balaban J connectivity index is 1.44. The Hall–Kier alpha value is -3.57. The molecule has 0 bridgehead atoms. The van der Waals surface area contributed by atoms with Crippen LogP contribution in [0.2, 0.25) is 10.0 Å². The molecular formula is C28H31Cl2N7O3. The van der Waals surface area contributed by atoms with Crippen molar-refractivity contribution in [2.24, 2.45) is 0 Å². The summed E-state index contributed by atoms with van der Waals surface area (Å²) < 4.78 is 5.75. The van der Waals surface area contributed by atoms with E-state index in [0.29, 0.717) is 45.4 Å². The summed E-state index contributed by atoms with van der Waals surface area (Å²) in [5, 5.41) is 9.02. The quantitative estimate of drug-likeness (QED) is 0.343. The van der Waals surface area contributed by atoms with Gasteiger partial charge in [0.25, 0.3) is 0 Å². The maximum absolute atomic E-state index is 12.3. The van der Waals surface area contributed by atoms with Crippen LogP contribution in [0.3, 0.4) is 0 Å². The molecule has 40 heavy (non-hydrogen) atoms. The van der Waals surface area contributed by atoms with Crippen LogP contribution >= 0.6 is 23.2 Å². The number of rotatable bonds is 8. The zero-order valence-electron chi connectivity index (χ0n) is 22.4. The molecule has 0 radical (unpaired) electrons. The third-order valence-corrected chi connectivity index (χ3v) is 7.72. The van der Waals surface area contributed by atoms with Gasteiger partial charge in [0.05, 0.1) is 46.9 Å². The van der Waals surface area contributed by atoms with Gasteiger partial charge in [-0.05, 0) is 36.9 Å². The second-order valence-electron chi connectivity index (χ2n) is 9.58. The lowest BCUT2D eigenvalue weighted by Gasteiger charge is -2.35. The molecule has 1 unspecified atom stereocenters. The molecule has 10 nitrogen and oxygen atoms in total. The Morgan fingerprint density at radius 3 is 2.62 bits per heavy atom. The molecule has 0 spiro atoms. The maximum Gasteiger partial charge on any atom is 0.247 e. The molecule has 3 aromatic rings. The molecule has 0 aliphatic carbocycles. The van der Waals surface area contributed by atoms with E-state index in [-0.39, 0.29) is 11.9 Å². The van der Waals surface area contributed by atoms with Crippen molar-refractivity contribution >= 4 is 57.8 Å². The summed E-state index contributed by atoms with van der Waals surface area (Å²) in [6, 6.07) is 11.1. The van der Waals surface area contributed by atoms with E-state index in [1.165, 1.54) is 12.4 Å². The van der Waals surface area contributed by atoms with Crippen LogP contribution in [0, 0.1) is 0 Å². The van der Waals surface area contributed by atoms with Crippen molar-refractivity contribution in [1.29, 1.82) is 0 Å². The van der Waals surface area contributed by atoms with Gasteiger partial charge in [0.2, 0.25) is 5.91 Å². The van der Waals surface area contributed by atoms with Gasteiger partial charge in [-0.25, -0.2) is 15.0 Å². The zero-order valence-corrected chi connectivity index (χ0v) is 23.9. The number of likely N-dealkylation sites (N-methyl/N-ethyl adjacent to an activating group) is 1. The highest BCUT2D eigenvalue weighted by Gasteiger charge is 2.30. The fraction of sp³-hybridized carbons (Fsp3) is 0.321. The molecule has 2 aromatic carbocycles. The van der Waals surface area contributed by atoms with E-state index in [9.17, 15) is 4.79 Å². The van der Waals surface area contributed by atoms with Gasteiger partial charge in [-0.1, -0.05) is 35.8 Å². The highest BCUT2D eigenvalue weighted by Crippen LogP contribution is 2.40. The molecule has 5 rings (SSSR count). The summed E-state index contributed by atoms with van der Waals surface area (Å²) >= 11 is 12.4. The number of ether oxygens (including phenoxy) is 1. The van der Waals surface area contributed by atoms with Crippen LogP contribution in [0.15, 0.2) is 55.4 Å². The van der Waals surface area contributed by atoms with Crippen molar-refractivity contribution in [2.75, 3.05) is 67.5 Å². The number of hydrogen-bond acceptors (Lipinski definition) is 9. The molecule has 2 saturated heterocycles. The number of carbonyl (C=O) groups excluding carboxylic acids is 1. The molecule has 1 atom stereocenters. The smallest absolute Gasteiger partial charge is 0.247 e. The summed E-state index contributed by atoms with van der Waals surface area (Å²) in [7, 11) is 3.71. The first kappa shape index (κ1) is 28.0. The van der Waals surface area contributed by atoms with Gasteiger partial charge in [0.1, 0.15) is 17.9 Å². The van der Waals surface area contributed by atoms with Crippen molar-refractivity contribution in [3.8, 4) is 5.75 Å². The Labute approximate surface area is 243 Å². The fourth-order valence-corrected chi connectivity index (χ4v) is 5.13. The van der Waals surface area contributed by atoms with Crippen molar-refractivity contribution < 1.29 is 14.4 Å². The van der Waals surface area contributed by atoms with Crippen molar-refractivity contribution in [2.45, 2.75) is 12.5 Å². The topological polar surface area (TPSA) is 95.1 Å². The first-order valence-electron chi connectivity index (χ1n) is 12.9. The average molecular weight is 585 g/mol. The highest BCUT2D eigenvalue weighted by atomic mass is 35.5. The summed E-state index contributed by atoms with van der Waals surface area (Å²) in [5.41, 5.74) is 3.13. The molecule has 0 saturated carbocycles. The highest BCUT2D eigenvalue weighted by molar-refractivity contribution is 6.42. The number of anilines is 5. The number of nitrogens with zero attached hydrogens (tertiary/aromatic N) is 5. The summed E-state index contributed by atoms with van der Waals surface area (Å²) in [6.45, 7) is 7.62. The first-order valence-corrected chi connectivity index (χ1v) is 13.7. The molecular weight excluding hydrogens is 553 g/mol. The second kappa shape index (κ2) is 12.3. The summed E-state index contributed by atoms with van der Waals surface area (Å²) in [4.78, 5) is 31.6. The molecule has 3 heterocycles. The second-order valence-corrected chi connectivity index (χ2v) is 10.4. The maximum atomic E-state index is 12.3. The SMILES string of the molecule is C=CC(=O)Nc1cc(Nc2cc(N3OCCC3c3ccc(Cl)c(Cl)c3)ncn2)c(OC)cc1N1CCN(C)CC1. The van der Waals surface area contributed by atoms with E-state index in [4.69, 9.17) is 32.8 Å². The molecule has 2 aliphatic heterocycles. The Bertz CT molecular complexity index is 1400. The lowest BCUT2D eigenvalue weighted by Crippen LogP contribution is -2.44. The monoisotopic (exact) mass is 583 g/mol. The zero-order chi connectivity index (χ0) is 28.2. The van der Waals surface area contributed by atoms with E-state index >= 15 is 0 Å². The van der Waals surface area contributed by atoms with Gasteiger partial charge in [0, 0.05) is 44.7 Å². The van der Waals surface area contributed by atoms with Gasteiger partial charge in [0.15, 0.2) is 5.82 Å². The minimum absolute atomic E-state index is 0.0874. The minimum atomic E-state index is -0.296. The third-order valence-electron chi connectivity index (χ3n) is 6.98. The van der Waals surface area contributed by atoms with E-state index in [2.05, 4.69) is 44.0 Å². The largest absolute Gasteiger partial charge is 0.494 e. The predicted octanol–water partition coefficient (Wildman–Crippen LogP) is 5.29. The van der Waals surface area contributed by atoms with Gasteiger partial charge in [-0.3, -0.25) is 9.63 Å². The van der Waals surface area contributed by atoms with Gasteiger partial charge in [-0.2, -0.15) is 0 Å². The number of nitrogens with one attached hydrogen (secondary N) is 2. The van der Waals surface area contributed by atoms with E-state index in [1.807, 2.05) is 24.3 Å². The molecule has 12 heteroatoms. The Kier molecular flexibility index (Phi) is 8.60. The molecule has 210 valence electrons. The molecule has 2 N–H and O–H groups in total. The van der Waals surface area contributed by atoms with Gasteiger partial charge in [-0.15, -0.1) is 0 Å². The first-order chi connectivity index (χ1) is 19.4. The van der Waals surface area contributed by atoms with Gasteiger partial charge < -0.3 is 25.2 Å². The number of halogens is 2. The standard InChI is InChI=1S/C28H31Cl2N7O3/c1-4-28(38)34-21-14-22(25(39-3)15-24(21)36-10-8-35(2)9-11-36)33-26-16-27(32-17-31-26)37-23(7-12-40-37)18-5-6-19(29)20(30)13-18/h4-6,13-17,23H,1,7-12H2,2-3H3,(H,34,38)(H,31,32,33). The van der Waals surface area contributed by atoms with Crippen LogP contribution in [-0.4, -0.2) is 67.7 Å². The Morgan fingerprint density at radius 1 is 1.10 bits per heavy atom. The van der Waals surface area contributed by atoms with E-state index in [0.717, 1.165) is 43.9 Å². The van der Waals surface area contributed by atoms with Gasteiger partial charge >= 0.3 is 0 Å². The number of carbonyl (C=O) groups is 1. The number of hydrogen-bond donors (Lipinski definition) is 2. The van der Waals surface area contributed by atoms with E-state index in [1.54, 1.807) is 24.3 Å². The lowest BCUT2D eigenvalue weighted by atomic mass is 10.0. The number of piperazine rings is 1. The number of aromatic nitrogens is 2. The number of methoxy groups -OCH3 is 1. The van der Waals surface area contributed by atoms with Crippen molar-refractivity contribution in [1.82, 2.24) is 14.9 Å². The molecule has 1 aromatic heterocycles. The average Bonchev–Trinajstić information content (AvgIpc) is 3.45. The van der Waals surface area contributed by atoms with Crippen LogP contribution < -0.4 is 25.3 Å². The molecule has 2 fully saturated rings. The summed E-state index contributed by atoms with van der Waals surface area (Å²) in [6.07, 6.45) is 3.48. The molecule has 1 amide bonds.